The lowest BCUT2D eigenvalue weighted by Crippen LogP contribution is -2.61. The number of hydrogen-bond donors (Lipinski definition) is 1. The maximum absolute atomic E-state index is 11.6. The molecular weight excluding hydrogens is 262 g/mol. The summed E-state index contributed by atoms with van der Waals surface area (Å²) in [6.45, 7) is 4.74. The zero-order chi connectivity index (χ0) is 14.0. The van der Waals surface area contributed by atoms with Crippen molar-refractivity contribution in [1.82, 2.24) is 14.8 Å². The minimum Gasteiger partial charge on any atom is -0.480 e. The van der Waals surface area contributed by atoms with Crippen molar-refractivity contribution in [2.45, 2.75) is 18.5 Å². The number of carboxylic acids is 1. The van der Waals surface area contributed by atoms with Gasteiger partial charge in [0.15, 0.2) is 6.39 Å². The Labute approximate surface area is 117 Å². The average molecular weight is 281 g/mol. The molecule has 0 aliphatic carbocycles. The molecule has 1 N–H and O–H groups in total. The van der Waals surface area contributed by atoms with Gasteiger partial charge in [0, 0.05) is 45.8 Å². The number of carbonyl (C=O) groups is 1. The van der Waals surface area contributed by atoms with Crippen LogP contribution in [0.3, 0.4) is 0 Å². The molecule has 0 saturated carbocycles. The average Bonchev–Trinajstić information content (AvgIpc) is 3.10. The van der Waals surface area contributed by atoms with Gasteiger partial charge < -0.3 is 14.3 Å². The zero-order valence-electron chi connectivity index (χ0n) is 11.3. The van der Waals surface area contributed by atoms with Crippen LogP contribution in [0.25, 0.3) is 0 Å². The number of aliphatic carboxylic acids is 1. The van der Waals surface area contributed by atoms with Crippen LogP contribution in [-0.2, 0) is 16.1 Å². The predicted octanol–water partition coefficient (Wildman–Crippen LogP) is 0.0359. The van der Waals surface area contributed by atoms with Crippen LogP contribution in [0, 0.1) is 0 Å². The van der Waals surface area contributed by atoms with Crippen LogP contribution >= 0.6 is 0 Å². The largest absolute Gasteiger partial charge is 0.480 e. The highest BCUT2D eigenvalue weighted by molar-refractivity contribution is 5.79. The summed E-state index contributed by atoms with van der Waals surface area (Å²) in [4.78, 5) is 20.0. The lowest BCUT2D eigenvalue weighted by molar-refractivity contribution is -0.153. The van der Waals surface area contributed by atoms with E-state index in [1.165, 1.54) is 6.39 Å². The third-order valence-corrected chi connectivity index (χ3v) is 4.25. The summed E-state index contributed by atoms with van der Waals surface area (Å²) >= 11 is 0. The summed E-state index contributed by atoms with van der Waals surface area (Å²) in [5.41, 5.74) is 0.0931. The fourth-order valence-corrected chi connectivity index (χ4v) is 2.99. The van der Waals surface area contributed by atoms with E-state index in [0.717, 1.165) is 38.4 Å². The molecule has 1 unspecified atom stereocenters. The van der Waals surface area contributed by atoms with Crippen LogP contribution in [0.15, 0.2) is 17.1 Å². The Morgan fingerprint density at radius 1 is 1.40 bits per heavy atom. The monoisotopic (exact) mass is 281 g/mol. The van der Waals surface area contributed by atoms with Crippen molar-refractivity contribution in [1.29, 1.82) is 0 Å². The summed E-state index contributed by atoms with van der Waals surface area (Å²) in [5, 5.41) is 9.53. The standard InChI is InChI=1S/C13H19N3O4/c17-12(18)13(1-6-19-9-13)16-4-2-15(3-5-16)7-11-8-20-10-14-11/h8,10H,1-7,9H2,(H,17,18). The number of carboxylic acid groups (broad SMARTS) is 1. The second-order valence-corrected chi connectivity index (χ2v) is 5.38. The fourth-order valence-electron chi connectivity index (χ4n) is 2.99. The van der Waals surface area contributed by atoms with Crippen LogP contribution in [0.1, 0.15) is 12.1 Å². The van der Waals surface area contributed by atoms with Crippen molar-refractivity contribution < 1.29 is 19.1 Å². The first-order chi connectivity index (χ1) is 9.71. The first kappa shape index (κ1) is 13.5. The molecule has 1 aromatic rings. The van der Waals surface area contributed by atoms with Gasteiger partial charge in [0.2, 0.25) is 0 Å². The lowest BCUT2D eigenvalue weighted by atomic mass is 9.95. The van der Waals surface area contributed by atoms with Crippen LogP contribution in [-0.4, -0.2) is 70.8 Å². The van der Waals surface area contributed by atoms with Gasteiger partial charge in [0.1, 0.15) is 11.8 Å². The molecule has 3 rings (SSSR count). The fraction of sp³-hybridized carbons (Fsp3) is 0.692. The predicted molar refractivity (Wildman–Crippen MR) is 69.2 cm³/mol. The van der Waals surface area contributed by atoms with Crippen LogP contribution < -0.4 is 0 Å². The Bertz CT molecular complexity index is 448. The lowest BCUT2D eigenvalue weighted by Gasteiger charge is -2.42. The molecule has 0 bridgehead atoms. The molecule has 2 aliphatic heterocycles. The van der Waals surface area contributed by atoms with E-state index < -0.39 is 11.5 Å². The van der Waals surface area contributed by atoms with Gasteiger partial charge in [-0.3, -0.25) is 14.6 Å². The molecule has 3 heterocycles. The third kappa shape index (κ3) is 2.44. The molecule has 2 fully saturated rings. The highest BCUT2D eigenvalue weighted by Crippen LogP contribution is 2.28. The highest BCUT2D eigenvalue weighted by atomic mass is 16.5. The summed E-state index contributed by atoms with van der Waals surface area (Å²) in [6.07, 6.45) is 3.66. The summed E-state index contributed by atoms with van der Waals surface area (Å²) in [5.74, 6) is -0.764. The summed E-state index contributed by atoms with van der Waals surface area (Å²) in [6, 6.07) is 0. The van der Waals surface area contributed by atoms with Gasteiger partial charge in [0.25, 0.3) is 0 Å². The van der Waals surface area contributed by atoms with E-state index in [1.54, 1.807) is 6.26 Å². The summed E-state index contributed by atoms with van der Waals surface area (Å²) < 4.78 is 10.3. The number of hydrogen-bond acceptors (Lipinski definition) is 6. The Hall–Kier alpha value is -1.44. The topological polar surface area (TPSA) is 79.0 Å². The number of aromatic nitrogens is 1. The van der Waals surface area contributed by atoms with Gasteiger partial charge in [-0.15, -0.1) is 0 Å². The highest BCUT2D eigenvalue weighted by Gasteiger charge is 2.48. The number of ether oxygens (including phenoxy) is 1. The van der Waals surface area contributed by atoms with E-state index in [-0.39, 0.29) is 0 Å². The molecule has 7 heteroatoms. The zero-order valence-corrected chi connectivity index (χ0v) is 11.3. The number of piperazine rings is 1. The van der Waals surface area contributed by atoms with E-state index in [4.69, 9.17) is 9.15 Å². The second-order valence-electron chi connectivity index (χ2n) is 5.38. The van der Waals surface area contributed by atoms with E-state index in [0.29, 0.717) is 19.6 Å². The van der Waals surface area contributed by atoms with Crippen LogP contribution in [0.4, 0.5) is 0 Å². The molecule has 2 aliphatic rings. The first-order valence-corrected chi connectivity index (χ1v) is 6.86. The van der Waals surface area contributed by atoms with E-state index in [9.17, 15) is 9.90 Å². The maximum atomic E-state index is 11.6. The Morgan fingerprint density at radius 2 is 2.20 bits per heavy atom. The van der Waals surface area contributed by atoms with Crippen molar-refractivity contribution in [2.75, 3.05) is 39.4 Å². The molecule has 20 heavy (non-hydrogen) atoms. The molecule has 1 atom stereocenters. The van der Waals surface area contributed by atoms with Gasteiger partial charge in [-0.05, 0) is 0 Å². The molecule has 0 spiro atoms. The molecule has 0 aromatic carbocycles. The molecule has 110 valence electrons. The Balaban J connectivity index is 1.59. The molecule has 7 nitrogen and oxygen atoms in total. The van der Waals surface area contributed by atoms with E-state index in [1.807, 2.05) is 0 Å². The van der Waals surface area contributed by atoms with Gasteiger partial charge in [0.05, 0.1) is 12.3 Å². The number of oxazole rings is 1. The van der Waals surface area contributed by atoms with Gasteiger partial charge in [-0.2, -0.15) is 0 Å². The molecule has 0 amide bonds. The molecule has 0 radical (unpaired) electrons. The number of rotatable bonds is 4. The smallest absolute Gasteiger partial charge is 0.326 e. The van der Waals surface area contributed by atoms with E-state index >= 15 is 0 Å². The van der Waals surface area contributed by atoms with Crippen LogP contribution in [0.2, 0.25) is 0 Å². The van der Waals surface area contributed by atoms with Crippen LogP contribution in [0.5, 0.6) is 0 Å². The Morgan fingerprint density at radius 3 is 2.75 bits per heavy atom. The van der Waals surface area contributed by atoms with Gasteiger partial charge in [-0.1, -0.05) is 0 Å². The van der Waals surface area contributed by atoms with Crippen molar-refractivity contribution in [3.05, 3.63) is 18.4 Å². The van der Waals surface area contributed by atoms with Gasteiger partial charge >= 0.3 is 5.97 Å². The maximum Gasteiger partial charge on any atom is 0.326 e. The first-order valence-electron chi connectivity index (χ1n) is 6.86. The molecular formula is C13H19N3O4. The molecule has 1 aromatic heterocycles. The van der Waals surface area contributed by atoms with Gasteiger partial charge in [-0.25, -0.2) is 4.98 Å². The minimum absolute atomic E-state index is 0.297. The molecule has 2 saturated heterocycles. The normalized spacial score (nSPS) is 28.8. The quantitative estimate of drug-likeness (QED) is 0.834. The number of nitrogens with zero attached hydrogens (tertiary/aromatic N) is 3. The third-order valence-electron chi connectivity index (χ3n) is 4.25. The Kier molecular flexibility index (Phi) is 3.73. The van der Waals surface area contributed by atoms with Crippen molar-refractivity contribution in [3.63, 3.8) is 0 Å². The van der Waals surface area contributed by atoms with Crippen molar-refractivity contribution >= 4 is 5.97 Å². The minimum atomic E-state index is -0.819. The van der Waals surface area contributed by atoms with E-state index in [2.05, 4.69) is 14.8 Å². The van der Waals surface area contributed by atoms with Crippen molar-refractivity contribution in [3.8, 4) is 0 Å². The van der Waals surface area contributed by atoms with Crippen molar-refractivity contribution in [2.24, 2.45) is 0 Å². The second kappa shape index (κ2) is 5.51. The summed E-state index contributed by atoms with van der Waals surface area (Å²) in [7, 11) is 0. The SMILES string of the molecule is O=C(O)C1(N2CCN(Cc3cocn3)CC2)CCOC1.